The van der Waals surface area contributed by atoms with Gasteiger partial charge in [0.2, 0.25) is 0 Å². The molecular formula is C32H45N4O5+. The molecule has 0 amide bonds. The van der Waals surface area contributed by atoms with Crippen LogP contribution < -0.4 is 4.74 Å². The number of hydrogen-bond acceptors (Lipinski definition) is 7. The van der Waals surface area contributed by atoms with Crippen LogP contribution in [0.2, 0.25) is 0 Å². The predicted molar refractivity (Wildman–Crippen MR) is 158 cm³/mol. The van der Waals surface area contributed by atoms with Gasteiger partial charge < -0.3 is 18.7 Å². The average Bonchev–Trinajstić information content (AvgIpc) is 3.42. The summed E-state index contributed by atoms with van der Waals surface area (Å²) in [6.07, 6.45) is 2.94. The van der Waals surface area contributed by atoms with E-state index < -0.39 is 0 Å². The summed E-state index contributed by atoms with van der Waals surface area (Å²) in [5.74, 6) is 0.444. The first-order valence-electron chi connectivity index (χ1n) is 14.4. The van der Waals surface area contributed by atoms with Gasteiger partial charge in [0.25, 0.3) is 0 Å². The number of carbonyl (C=O) groups excluding carboxylic acids is 2. The fourth-order valence-electron chi connectivity index (χ4n) is 4.91. The number of benzene rings is 2. The number of likely N-dealkylation sites (N-methyl/N-ethyl adjacent to an activating group) is 1. The van der Waals surface area contributed by atoms with Crippen molar-refractivity contribution in [3.8, 4) is 5.75 Å². The van der Waals surface area contributed by atoms with Crippen LogP contribution in [-0.2, 0) is 45.0 Å². The summed E-state index contributed by atoms with van der Waals surface area (Å²) >= 11 is 0. The molecule has 0 radical (unpaired) electrons. The molecule has 0 aliphatic heterocycles. The number of carbonyl (C=O) groups is 2. The number of methoxy groups -OCH3 is 1. The van der Waals surface area contributed by atoms with Gasteiger partial charge in [-0.2, -0.15) is 0 Å². The Morgan fingerprint density at radius 2 is 1.66 bits per heavy atom. The smallest absolute Gasteiger partial charge is 0.311 e. The number of quaternary nitrogens is 1. The molecule has 3 aromatic rings. The molecule has 0 aliphatic carbocycles. The van der Waals surface area contributed by atoms with E-state index in [2.05, 4.69) is 50.1 Å². The molecule has 3 rings (SSSR count). The second kappa shape index (κ2) is 16.1. The van der Waals surface area contributed by atoms with E-state index in [9.17, 15) is 9.59 Å². The Kier molecular flexibility index (Phi) is 12.6. The first-order chi connectivity index (χ1) is 19.8. The van der Waals surface area contributed by atoms with Crippen LogP contribution in [0.1, 0.15) is 48.2 Å². The maximum atomic E-state index is 13.2. The number of hydrogen-bond donors (Lipinski definition) is 0. The van der Waals surface area contributed by atoms with Gasteiger partial charge in [-0.1, -0.05) is 23.4 Å². The molecule has 0 fully saturated rings. The third-order valence-corrected chi connectivity index (χ3v) is 7.61. The predicted octanol–water partition coefficient (Wildman–Crippen LogP) is 4.26. The number of ketones is 1. The van der Waals surface area contributed by atoms with Crippen molar-refractivity contribution in [3.05, 3.63) is 76.6 Å². The van der Waals surface area contributed by atoms with E-state index in [-0.39, 0.29) is 18.2 Å². The minimum atomic E-state index is -0.320. The third kappa shape index (κ3) is 10.2. The summed E-state index contributed by atoms with van der Waals surface area (Å²) in [4.78, 5) is 25.6. The molecule has 0 saturated carbocycles. The Labute approximate surface area is 244 Å². The number of ether oxygens (including phenoxy) is 3. The van der Waals surface area contributed by atoms with Crippen LogP contribution >= 0.6 is 0 Å². The lowest BCUT2D eigenvalue weighted by molar-refractivity contribution is -0.930. The number of Topliss-reactive ketones (excluding diaryl/α,β-unsaturated/α-hetero) is 1. The van der Waals surface area contributed by atoms with Crippen LogP contribution in [0.5, 0.6) is 5.75 Å². The molecule has 222 valence electrons. The van der Waals surface area contributed by atoms with E-state index in [1.807, 2.05) is 36.5 Å². The van der Waals surface area contributed by atoms with Crippen molar-refractivity contribution in [2.45, 2.75) is 60.0 Å². The largest absolute Gasteiger partial charge is 0.427 e. The molecule has 0 spiro atoms. The van der Waals surface area contributed by atoms with Gasteiger partial charge in [-0.15, -0.1) is 5.10 Å². The number of aromatic nitrogens is 3. The van der Waals surface area contributed by atoms with E-state index in [1.165, 1.54) is 11.1 Å². The van der Waals surface area contributed by atoms with Crippen LogP contribution in [0.25, 0.3) is 0 Å². The van der Waals surface area contributed by atoms with Crippen molar-refractivity contribution >= 4 is 11.8 Å². The zero-order valence-corrected chi connectivity index (χ0v) is 25.2. The zero-order chi connectivity index (χ0) is 29.7. The van der Waals surface area contributed by atoms with Gasteiger partial charge in [-0.05, 0) is 68.7 Å². The zero-order valence-electron chi connectivity index (χ0n) is 25.2. The highest BCUT2D eigenvalue weighted by molar-refractivity contribution is 5.82. The summed E-state index contributed by atoms with van der Waals surface area (Å²) in [7, 11) is 1.64. The molecule has 0 N–H and O–H groups in total. The van der Waals surface area contributed by atoms with Gasteiger partial charge in [0.15, 0.2) is 5.78 Å². The average molecular weight is 566 g/mol. The lowest BCUT2D eigenvalue weighted by Crippen LogP contribution is -2.50. The van der Waals surface area contributed by atoms with E-state index in [0.29, 0.717) is 56.0 Å². The lowest BCUT2D eigenvalue weighted by atomic mass is 9.97. The normalized spacial score (nSPS) is 11.5. The van der Waals surface area contributed by atoms with E-state index in [1.54, 1.807) is 11.8 Å². The second-order valence-electron chi connectivity index (χ2n) is 10.6. The summed E-state index contributed by atoms with van der Waals surface area (Å²) in [6, 6.07) is 13.8. The summed E-state index contributed by atoms with van der Waals surface area (Å²) in [5, 5.41) is 8.20. The molecule has 0 bridgehead atoms. The first-order valence-corrected chi connectivity index (χ1v) is 14.4. The Morgan fingerprint density at radius 1 is 0.951 bits per heavy atom. The van der Waals surface area contributed by atoms with E-state index >= 15 is 0 Å². The van der Waals surface area contributed by atoms with Crippen molar-refractivity contribution in [2.24, 2.45) is 0 Å². The molecule has 0 atom stereocenters. The SMILES string of the molecule is CC[N+](CC)(CC(=O)Cc1c(C)cccc1C)Cc1ccc(OC(=O)CCc2cn(CCOCCOC)nn2)cc1. The Balaban J connectivity index is 1.48. The topological polar surface area (TPSA) is 92.5 Å². The fourth-order valence-corrected chi connectivity index (χ4v) is 4.91. The van der Waals surface area contributed by atoms with Crippen molar-refractivity contribution in [3.63, 3.8) is 0 Å². The maximum Gasteiger partial charge on any atom is 0.311 e. The number of aryl methyl sites for hydroxylation is 3. The highest BCUT2D eigenvalue weighted by Crippen LogP contribution is 2.20. The van der Waals surface area contributed by atoms with Crippen LogP contribution in [-0.4, -0.2) is 77.8 Å². The number of esters is 1. The molecular weight excluding hydrogens is 520 g/mol. The lowest BCUT2D eigenvalue weighted by Gasteiger charge is -2.36. The second-order valence-corrected chi connectivity index (χ2v) is 10.6. The molecule has 0 unspecified atom stereocenters. The van der Waals surface area contributed by atoms with Crippen LogP contribution in [0.15, 0.2) is 48.7 Å². The number of rotatable bonds is 18. The van der Waals surface area contributed by atoms with Gasteiger partial charge in [0, 0.05) is 31.7 Å². The molecule has 41 heavy (non-hydrogen) atoms. The monoisotopic (exact) mass is 565 g/mol. The fraction of sp³-hybridized carbons (Fsp3) is 0.500. The van der Waals surface area contributed by atoms with Gasteiger partial charge in [0.1, 0.15) is 18.8 Å². The van der Waals surface area contributed by atoms with Crippen LogP contribution in [0.4, 0.5) is 0 Å². The number of nitrogens with zero attached hydrogens (tertiary/aromatic N) is 4. The highest BCUT2D eigenvalue weighted by atomic mass is 16.5. The molecule has 9 heteroatoms. The summed E-state index contributed by atoms with van der Waals surface area (Å²) in [6.45, 7) is 13.6. The summed E-state index contributed by atoms with van der Waals surface area (Å²) in [5.41, 5.74) is 5.31. The van der Waals surface area contributed by atoms with Crippen molar-refractivity contribution in [1.82, 2.24) is 15.0 Å². The molecule has 0 aliphatic rings. The molecule has 0 saturated heterocycles. The first kappa shape index (κ1) is 32.1. The minimum absolute atomic E-state index is 0.207. The van der Waals surface area contributed by atoms with Crippen LogP contribution in [0, 0.1) is 13.8 Å². The quantitative estimate of drug-likeness (QED) is 0.0985. The molecule has 2 aromatic carbocycles. The van der Waals surface area contributed by atoms with E-state index in [4.69, 9.17) is 14.2 Å². The molecule has 1 aromatic heterocycles. The highest BCUT2D eigenvalue weighted by Gasteiger charge is 2.28. The van der Waals surface area contributed by atoms with Crippen LogP contribution in [0.3, 0.4) is 0 Å². The molecule has 1 heterocycles. The van der Waals surface area contributed by atoms with Gasteiger partial charge in [-0.25, -0.2) is 4.68 Å². The maximum absolute atomic E-state index is 13.2. The van der Waals surface area contributed by atoms with Crippen molar-refractivity contribution in [1.29, 1.82) is 0 Å². The standard InChI is InChI=1S/C32H45N4O5/c1-6-36(7-2,24-29(37)21-31-25(3)9-8-10-26(31)4)23-27-11-14-30(15-12-27)41-32(38)16-13-28-22-35(34-33-28)17-18-40-20-19-39-5/h8-12,14-15,22H,6-7,13,16-21,23-24H2,1-5H3/q+1. The minimum Gasteiger partial charge on any atom is -0.427 e. The van der Waals surface area contributed by atoms with Crippen molar-refractivity contribution < 1.29 is 28.3 Å². The Morgan fingerprint density at radius 3 is 2.32 bits per heavy atom. The van der Waals surface area contributed by atoms with Gasteiger partial charge >= 0.3 is 5.97 Å². The van der Waals surface area contributed by atoms with E-state index in [0.717, 1.165) is 36.5 Å². The Bertz CT molecular complexity index is 1230. The Hall–Kier alpha value is -3.40. The van der Waals surface area contributed by atoms with Crippen molar-refractivity contribution in [2.75, 3.05) is 46.6 Å². The van der Waals surface area contributed by atoms with Gasteiger partial charge in [-0.3, -0.25) is 9.59 Å². The summed E-state index contributed by atoms with van der Waals surface area (Å²) < 4.78 is 18.3. The third-order valence-electron chi connectivity index (χ3n) is 7.61. The van der Waals surface area contributed by atoms with Gasteiger partial charge in [0.05, 0.1) is 51.6 Å². The molecule has 9 nitrogen and oxygen atoms in total.